The van der Waals surface area contributed by atoms with Gasteiger partial charge in [0.15, 0.2) is 6.61 Å². The second-order valence-electron chi connectivity index (χ2n) is 9.74. The first kappa shape index (κ1) is 26.0. The topological polar surface area (TPSA) is 97.0 Å². The lowest BCUT2D eigenvalue weighted by Crippen LogP contribution is -2.57. The zero-order chi connectivity index (χ0) is 27.2. The molecule has 1 saturated heterocycles. The molecular formula is C31H31N3O5. The van der Waals surface area contributed by atoms with Gasteiger partial charge in [-0.1, -0.05) is 48.5 Å². The highest BCUT2D eigenvalue weighted by atomic mass is 16.5. The van der Waals surface area contributed by atoms with Crippen molar-refractivity contribution in [3.8, 4) is 11.5 Å². The molecule has 6 rings (SSSR count). The summed E-state index contributed by atoms with van der Waals surface area (Å²) in [6.45, 7) is 2.87. The first-order valence-electron chi connectivity index (χ1n) is 13.0. The Balaban J connectivity index is 1.39. The lowest BCUT2D eigenvalue weighted by molar-refractivity contribution is -0.128. The smallest absolute Gasteiger partial charge is 0.258 e. The summed E-state index contributed by atoms with van der Waals surface area (Å²) in [5, 5.41) is 5.93. The number of fused-ring (bicyclic) bond motifs is 7. The van der Waals surface area contributed by atoms with Crippen LogP contribution >= 0.6 is 0 Å². The third-order valence-corrected chi connectivity index (χ3v) is 6.91. The van der Waals surface area contributed by atoms with Gasteiger partial charge in [0.1, 0.15) is 17.6 Å². The zero-order valence-corrected chi connectivity index (χ0v) is 21.8. The van der Waals surface area contributed by atoms with E-state index >= 15 is 0 Å². The molecule has 8 nitrogen and oxygen atoms in total. The number of hydrogen-bond acceptors (Lipinski definition) is 5. The van der Waals surface area contributed by atoms with Crippen LogP contribution in [-0.2, 0) is 16.1 Å². The summed E-state index contributed by atoms with van der Waals surface area (Å²) in [5.74, 6) is 0.430. The Morgan fingerprint density at radius 1 is 1.03 bits per heavy atom. The van der Waals surface area contributed by atoms with Gasteiger partial charge in [-0.25, -0.2) is 0 Å². The number of hydrogen-bond donors (Lipinski definition) is 2. The molecule has 0 aromatic heterocycles. The van der Waals surface area contributed by atoms with Gasteiger partial charge in [0.05, 0.1) is 6.04 Å². The van der Waals surface area contributed by atoms with Crippen LogP contribution in [0.15, 0.2) is 78.9 Å². The standard InChI is InChI=1S/C31H31N3O5/c1-21-7-11-24-17-28(21)38-20-29(35)32-18-23-8-12-25(13-9-23)39-27-15-16-34(19-26(27)33-31(24)37)30(36)14-10-22-5-3-2-4-6-22/h2-14,17,26-27H,15-16,18-20H2,1H3,(H,32,35)(H,33,37)/t26-,27-/m0/s1. The molecule has 4 bridgehead atoms. The number of nitrogens with one attached hydrogen (secondary N) is 2. The summed E-state index contributed by atoms with van der Waals surface area (Å²) in [7, 11) is 0. The van der Waals surface area contributed by atoms with Crippen molar-refractivity contribution in [1.82, 2.24) is 15.5 Å². The van der Waals surface area contributed by atoms with E-state index in [1.54, 1.807) is 35.3 Å². The maximum Gasteiger partial charge on any atom is 0.258 e. The van der Waals surface area contributed by atoms with Crippen molar-refractivity contribution in [3.63, 3.8) is 0 Å². The normalized spacial score (nSPS) is 19.8. The van der Waals surface area contributed by atoms with Gasteiger partial charge in [-0.2, -0.15) is 0 Å². The van der Waals surface area contributed by atoms with Crippen molar-refractivity contribution in [1.29, 1.82) is 0 Å². The van der Waals surface area contributed by atoms with E-state index in [1.807, 2.05) is 61.5 Å². The minimum atomic E-state index is -0.440. The van der Waals surface area contributed by atoms with E-state index in [9.17, 15) is 14.4 Å². The molecule has 3 aliphatic rings. The number of carbonyl (C=O) groups excluding carboxylic acids is 3. The first-order valence-corrected chi connectivity index (χ1v) is 13.0. The summed E-state index contributed by atoms with van der Waals surface area (Å²) < 4.78 is 12.0. The van der Waals surface area contributed by atoms with E-state index in [1.165, 1.54) is 0 Å². The molecule has 0 saturated carbocycles. The lowest BCUT2D eigenvalue weighted by atomic mass is 10.0. The molecule has 3 heterocycles. The number of likely N-dealkylation sites (tertiary alicyclic amines) is 1. The number of piperidine rings is 1. The van der Waals surface area contributed by atoms with Gasteiger partial charge in [0.25, 0.3) is 11.8 Å². The SMILES string of the molecule is Cc1ccc2cc1OCC(=O)NCc1ccc(cc1)O[C@H]1CCN(C(=O)C=Cc3ccccc3)C[C@@H]1NC2=O. The van der Waals surface area contributed by atoms with Crippen LogP contribution in [0.4, 0.5) is 0 Å². The van der Waals surface area contributed by atoms with Gasteiger partial charge in [-0.05, 0) is 54.0 Å². The van der Waals surface area contributed by atoms with E-state index in [0.717, 1.165) is 16.7 Å². The van der Waals surface area contributed by atoms with Crippen molar-refractivity contribution in [3.05, 3.63) is 101 Å². The number of carbonyl (C=O) groups is 3. The average Bonchev–Trinajstić information content (AvgIpc) is 2.96. The molecule has 3 aliphatic heterocycles. The molecule has 0 spiro atoms. The van der Waals surface area contributed by atoms with Crippen molar-refractivity contribution in [2.24, 2.45) is 0 Å². The third kappa shape index (κ3) is 6.65. The summed E-state index contributed by atoms with van der Waals surface area (Å²) in [6.07, 6.45) is 3.57. The molecule has 0 radical (unpaired) electrons. The largest absolute Gasteiger partial charge is 0.488 e. The second-order valence-corrected chi connectivity index (χ2v) is 9.74. The van der Waals surface area contributed by atoms with Gasteiger partial charge < -0.3 is 25.0 Å². The predicted octanol–water partition coefficient (Wildman–Crippen LogP) is 3.50. The van der Waals surface area contributed by atoms with Crippen LogP contribution in [0.3, 0.4) is 0 Å². The molecular weight excluding hydrogens is 494 g/mol. The minimum Gasteiger partial charge on any atom is -0.488 e. The highest BCUT2D eigenvalue weighted by Gasteiger charge is 2.34. The highest BCUT2D eigenvalue weighted by Crippen LogP contribution is 2.23. The molecule has 3 amide bonds. The molecule has 0 unspecified atom stereocenters. The molecule has 3 aromatic rings. The third-order valence-electron chi connectivity index (χ3n) is 6.91. The predicted molar refractivity (Wildman–Crippen MR) is 147 cm³/mol. The molecule has 0 aliphatic carbocycles. The maximum atomic E-state index is 13.3. The van der Waals surface area contributed by atoms with Gasteiger partial charge in [-0.15, -0.1) is 0 Å². The molecule has 39 heavy (non-hydrogen) atoms. The molecule has 1 fully saturated rings. The zero-order valence-electron chi connectivity index (χ0n) is 21.8. The Hall–Kier alpha value is -4.59. The Labute approximate surface area is 227 Å². The van der Waals surface area contributed by atoms with Crippen LogP contribution < -0.4 is 20.1 Å². The van der Waals surface area contributed by atoms with Crippen LogP contribution in [0, 0.1) is 6.92 Å². The Bertz CT molecular complexity index is 1370. The number of nitrogens with zero attached hydrogens (tertiary/aromatic N) is 1. The van der Waals surface area contributed by atoms with Crippen LogP contribution in [0.1, 0.15) is 33.5 Å². The van der Waals surface area contributed by atoms with Gasteiger partial charge in [-0.3, -0.25) is 14.4 Å². The number of ether oxygens (including phenoxy) is 2. The first-order chi connectivity index (χ1) is 18.9. The molecule has 200 valence electrons. The number of benzene rings is 3. The van der Waals surface area contributed by atoms with Crippen LogP contribution in [0.25, 0.3) is 6.08 Å². The maximum absolute atomic E-state index is 13.3. The van der Waals surface area contributed by atoms with Crippen molar-refractivity contribution in [2.75, 3.05) is 19.7 Å². The number of aryl methyl sites for hydroxylation is 1. The fourth-order valence-electron chi connectivity index (χ4n) is 4.65. The number of rotatable bonds is 2. The van der Waals surface area contributed by atoms with Gasteiger partial charge in [0.2, 0.25) is 5.91 Å². The van der Waals surface area contributed by atoms with Crippen molar-refractivity contribution in [2.45, 2.75) is 32.0 Å². The minimum absolute atomic E-state index is 0.123. The van der Waals surface area contributed by atoms with E-state index in [-0.39, 0.29) is 30.4 Å². The fraction of sp³-hybridized carbons (Fsp3) is 0.258. The van der Waals surface area contributed by atoms with Crippen LogP contribution in [0.5, 0.6) is 11.5 Å². The summed E-state index contributed by atoms with van der Waals surface area (Å²) in [6, 6.07) is 21.8. The van der Waals surface area contributed by atoms with Crippen molar-refractivity contribution < 1.29 is 23.9 Å². The molecule has 3 aromatic carbocycles. The summed E-state index contributed by atoms with van der Waals surface area (Å²) >= 11 is 0. The molecule has 2 atom stereocenters. The summed E-state index contributed by atoms with van der Waals surface area (Å²) in [5.41, 5.74) is 3.08. The number of amides is 3. The summed E-state index contributed by atoms with van der Waals surface area (Å²) in [4.78, 5) is 40.4. The van der Waals surface area contributed by atoms with E-state index in [0.29, 0.717) is 43.1 Å². The second kappa shape index (κ2) is 11.9. The van der Waals surface area contributed by atoms with Crippen LogP contribution in [-0.4, -0.2) is 54.5 Å². The monoisotopic (exact) mass is 525 g/mol. The Kier molecular flexibility index (Phi) is 7.91. The molecule has 8 heteroatoms. The fourth-order valence-corrected chi connectivity index (χ4v) is 4.65. The van der Waals surface area contributed by atoms with Crippen LogP contribution in [0.2, 0.25) is 0 Å². The van der Waals surface area contributed by atoms with Crippen molar-refractivity contribution >= 4 is 23.8 Å². The lowest BCUT2D eigenvalue weighted by Gasteiger charge is -2.38. The van der Waals surface area contributed by atoms with Gasteiger partial charge in [0, 0.05) is 37.7 Å². The Morgan fingerprint density at radius 2 is 1.82 bits per heavy atom. The average molecular weight is 526 g/mol. The Morgan fingerprint density at radius 3 is 2.62 bits per heavy atom. The van der Waals surface area contributed by atoms with E-state index < -0.39 is 6.04 Å². The van der Waals surface area contributed by atoms with E-state index in [2.05, 4.69) is 10.6 Å². The quantitative estimate of drug-likeness (QED) is 0.500. The molecule has 2 N–H and O–H groups in total. The highest BCUT2D eigenvalue weighted by molar-refractivity contribution is 5.95. The van der Waals surface area contributed by atoms with Gasteiger partial charge >= 0.3 is 0 Å². The van der Waals surface area contributed by atoms with E-state index in [4.69, 9.17) is 9.47 Å².